The smallest absolute Gasteiger partial charge is 0.0456 e. The zero-order valence-electron chi connectivity index (χ0n) is 9.65. The second kappa shape index (κ2) is 5.13. The Balaban J connectivity index is 1.54. The summed E-state index contributed by atoms with van der Waals surface area (Å²) in [6, 6.07) is 0.748. The van der Waals surface area contributed by atoms with Gasteiger partial charge < -0.3 is 10.4 Å². The molecule has 2 aliphatic carbocycles. The predicted molar refractivity (Wildman–Crippen MR) is 62.6 cm³/mol. The van der Waals surface area contributed by atoms with Gasteiger partial charge in [-0.2, -0.15) is 0 Å². The van der Waals surface area contributed by atoms with Crippen molar-refractivity contribution in [3.05, 3.63) is 12.2 Å². The van der Waals surface area contributed by atoms with Gasteiger partial charge in [0.2, 0.25) is 0 Å². The summed E-state index contributed by atoms with van der Waals surface area (Å²) in [6.07, 6.45) is 9.74. The molecule has 86 valence electrons. The zero-order valence-corrected chi connectivity index (χ0v) is 9.65. The van der Waals surface area contributed by atoms with Gasteiger partial charge in [0.15, 0.2) is 0 Å². The lowest BCUT2D eigenvalue weighted by atomic mass is 9.71. The number of rotatable bonds is 6. The van der Waals surface area contributed by atoms with Crippen molar-refractivity contribution in [2.45, 2.75) is 38.6 Å². The monoisotopic (exact) mass is 209 g/mol. The highest BCUT2D eigenvalue weighted by Crippen LogP contribution is 2.42. The van der Waals surface area contributed by atoms with Crippen LogP contribution in [0.4, 0.5) is 0 Å². The number of hydrogen-bond donors (Lipinski definition) is 2. The average molecular weight is 209 g/mol. The molecule has 1 fully saturated rings. The number of allylic oxidation sites excluding steroid dienone is 1. The number of fused-ring (bicyclic) bond motifs is 1. The van der Waals surface area contributed by atoms with Crippen LogP contribution in [0.15, 0.2) is 12.2 Å². The van der Waals surface area contributed by atoms with Crippen LogP contribution in [0.1, 0.15) is 32.6 Å². The van der Waals surface area contributed by atoms with Crippen molar-refractivity contribution in [2.24, 2.45) is 17.8 Å². The molecule has 15 heavy (non-hydrogen) atoms. The molecule has 0 aliphatic heterocycles. The molecule has 1 saturated carbocycles. The van der Waals surface area contributed by atoms with Crippen LogP contribution < -0.4 is 5.32 Å². The number of nitrogens with one attached hydrogen (secondary N) is 1. The van der Waals surface area contributed by atoms with Gasteiger partial charge in [-0.3, -0.25) is 0 Å². The minimum atomic E-state index is 0.330. The fourth-order valence-electron chi connectivity index (χ4n) is 2.78. The maximum absolute atomic E-state index is 8.89. The standard InChI is InChI=1S/C13H23NO/c1-10(9-15)4-3-7-14-13-8-11-5-2-6-12(11)13/h2,6,10-15H,3-5,7-9H2,1H3. The van der Waals surface area contributed by atoms with E-state index in [0.717, 1.165) is 30.8 Å². The van der Waals surface area contributed by atoms with Gasteiger partial charge in [0, 0.05) is 12.6 Å². The molecule has 0 bridgehead atoms. The SMILES string of the molecule is CC(CO)CCCNC1CC2CC=CC21. The van der Waals surface area contributed by atoms with Crippen LogP contribution in [-0.2, 0) is 0 Å². The Morgan fingerprint density at radius 1 is 1.53 bits per heavy atom. The van der Waals surface area contributed by atoms with Crippen LogP contribution in [0, 0.1) is 17.8 Å². The van der Waals surface area contributed by atoms with Crippen LogP contribution in [0.2, 0.25) is 0 Å². The molecule has 0 heterocycles. The molecule has 4 unspecified atom stereocenters. The first-order valence-corrected chi connectivity index (χ1v) is 6.32. The molecular weight excluding hydrogens is 186 g/mol. The van der Waals surface area contributed by atoms with Crippen LogP contribution in [0.25, 0.3) is 0 Å². The van der Waals surface area contributed by atoms with Crippen LogP contribution in [0.3, 0.4) is 0 Å². The molecule has 0 aromatic carbocycles. The highest BCUT2D eigenvalue weighted by atomic mass is 16.3. The highest BCUT2D eigenvalue weighted by molar-refractivity contribution is 5.12. The van der Waals surface area contributed by atoms with E-state index in [0.29, 0.717) is 12.5 Å². The highest BCUT2D eigenvalue weighted by Gasteiger charge is 2.40. The molecule has 2 nitrogen and oxygen atoms in total. The molecule has 0 aromatic heterocycles. The van der Waals surface area contributed by atoms with E-state index in [1.165, 1.54) is 19.3 Å². The molecule has 0 aromatic rings. The van der Waals surface area contributed by atoms with E-state index in [2.05, 4.69) is 24.4 Å². The van der Waals surface area contributed by atoms with Crippen molar-refractivity contribution in [3.8, 4) is 0 Å². The third-order valence-electron chi connectivity index (χ3n) is 3.95. The molecule has 4 atom stereocenters. The molecule has 2 heteroatoms. The number of aliphatic hydroxyl groups is 1. The number of hydrogen-bond acceptors (Lipinski definition) is 2. The first kappa shape index (κ1) is 11.2. The first-order valence-electron chi connectivity index (χ1n) is 6.32. The normalized spacial score (nSPS) is 34.9. The fraction of sp³-hybridized carbons (Fsp3) is 0.846. The summed E-state index contributed by atoms with van der Waals surface area (Å²) < 4.78 is 0. The van der Waals surface area contributed by atoms with E-state index in [4.69, 9.17) is 5.11 Å². The Bertz CT molecular complexity index is 227. The Hall–Kier alpha value is -0.340. The van der Waals surface area contributed by atoms with Crippen LogP contribution >= 0.6 is 0 Å². The van der Waals surface area contributed by atoms with Gasteiger partial charge in [0.05, 0.1) is 0 Å². The minimum absolute atomic E-state index is 0.330. The summed E-state index contributed by atoms with van der Waals surface area (Å²) >= 11 is 0. The lowest BCUT2D eigenvalue weighted by molar-refractivity contribution is 0.161. The van der Waals surface area contributed by atoms with Gasteiger partial charge in [-0.1, -0.05) is 19.1 Å². The molecule has 2 N–H and O–H groups in total. The molecule has 0 saturated heterocycles. The second-order valence-electron chi connectivity index (χ2n) is 5.23. The Labute approximate surface area is 92.8 Å². The third kappa shape index (κ3) is 2.61. The lowest BCUT2D eigenvalue weighted by Crippen LogP contribution is -2.48. The lowest BCUT2D eigenvalue weighted by Gasteiger charge is -2.40. The summed E-state index contributed by atoms with van der Waals surface area (Å²) in [5, 5.41) is 12.5. The van der Waals surface area contributed by atoms with Gasteiger partial charge >= 0.3 is 0 Å². The van der Waals surface area contributed by atoms with Gasteiger partial charge in [0.1, 0.15) is 0 Å². The van der Waals surface area contributed by atoms with Gasteiger partial charge in [-0.05, 0) is 50.0 Å². The molecular formula is C13H23NO. The topological polar surface area (TPSA) is 32.3 Å². The first-order chi connectivity index (χ1) is 7.31. The molecule has 0 amide bonds. The Morgan fingerprint density at radius 3 is 3.13 bits per heavy atom. The maximum Gasteiger partial charge on any atom is 0.0456 e. The Morgan fingerprint density at radius 2 is 2.40 bits per heavy atom. The predicted octanol–water partition coefficient (Wildman–Crippen LogP) is 1.95. The summed E-state index contributed by atoms with van der Waals surface area (Å²) in [5.41, 5.74) is 0. The molecule has 2 rings (SSSR count). The summed E-state index contributed by atoms with van der Waals surface area (Å²) in [5.74, 6) is 2.26. The quantitative estimate of drug-likeness (QED) is 0.517. The maximum atomic E-state index is 8.89. The largest absolute Gasteiger partial charge is 0.396 e. The Kier molecular flexibility index (Phi) is 3.81. The van der Waals surface area contributed by atoms with Crippen molar-refractivity contribution in [1.29, 1.82) is 0 Å². The van der Waals surface area contributed by atoms with Crippen LogP contribution in [0.5, 0.6) is 0 Å². The van der Waals surface area contributed by atoms with E-state index >= 15 is 0 Å². The van der Waals surface area contributed by atoms with Crippen molar-refractivity contribution in [1.82, 2.24) is 5.32 Å². The van der Waals surface area contributed by atoms with Gasteiger partial charge in [-0.15, -0.1) is 0 Å². The molecule has 0 spiro atoms. The summed E-state index contributed by atoms with van der Waals surface area (Å²) in [4.78, 5) is 0. The van der Waals surface area contributed by atoms with Crippen molar-refractivity contribution >= 4 is 0 Å². The second-order valence-corrected chi connectivity index (χ2v) is 5.23. The third-order valence-corrected chi connectivity index (χ3v) is 3.95. The van der Waals surface area contributed by atoms with E-state index in [1.54, 1.807) is 0 Å². The summed E-state index contributed by atoms with van der Waals surface area (Å²) in [6.45, 7) is 3.56. The van der Waals surface area contributed by atoms with E-state index in [-0.39, 0.29) is 0 Å². The van der Waals surface area contributed by atoms with Crippen molar-refractivity contribution < 1.29 is 5.11 Å². The summed E-state index contributed by atoms with van der Waals surface area (Å²) in [7, 11) is 0. The van der Waals surface area contributed by atoms with Crippen molar-refractivity contribution in [2.75, 3.05) is 13.2 Å². The average Bonchev–Trinajstić information content (AvgIpc) is 2.59. The van der Waals surface area contributed by atoms with E-state index in [9.17, 15) is 0 Å². The van der Waals surface area contributed by atoms with E-state index in [1.807, 2.05) is 0 Å². The minimum Gasteiger partial charge on any atom is -0.396 e. The molecule has 2 aliphatic rings. The van der Waals surface area contributed by atoms with Crippen LogP contribution in [-0.4, -0.2) is 24.3 Å². The molecule has 0 radical (unpaired) electrons. The van der Waals surface area contributed by atoms with Crippen molar-refractivity contribution in [3.63, 3.8) is 0 Å². The van der Waals surface area contributed by atoms with Gasteiger partial charge in [0.25, 0.3) is 0 Å². The van der Waals surface area contributed by atoms with E-state index < -0.39 is 0 Å². The number of aliphatic hydroxyl groups excluding tert-OH is 1. The fourth-order valence-corrected chi connectivity index (χ4v) is 2.78. The van der Waals surface area contributed by atoms with Gasteiger partial charge in [-0.25, -0.2) is 0 Å². The zero-order chi connectivity index (χ0) is 10.7.